The lowest BCUT2D eigenvalue weighted by Crippen LogP contribution is -2.38. The van der Waals surface area contributed by atoms with E-state index in [-0.39, 0.29) is 0 Å². The van der Waals surface area contributed by atoms with Crippen molar-refractivity contribution in [2.45, 2.75) is 53.2 Å². The van der Waals surface area contributed by atoms with Crippen LogP contribution in [0.1, 0.15) is 41.0 Å². The van der Waals surface area contributed by atoms with Gasteiger partial charge in [0.05, 0.1) is 6.10 Å². The third-order valence-electron chi connectivity index (χ3n) is 3.25. The minimum atomic E-state index is 0.355. The molecule has 0 radical (unpaired) electrons. The Balaban J connectivity index is 3.33. The van der Waals surface area contributed by atoms with Crippen LogP contribution in [0.3, 0.4) is 0 Å². The van der Waals surface area contributed by atoms with Crippen LogP contribution in [0.2, 0.25) is 0 Å². The Morgan fingerprint density at radius 1 is 1.06 bits per heavy atom. The standard InChI is InChI=1S/C14H32N2O/c1-12(2)14(5)16(6)10-9-15-8-7-11-17-13(3)4/h12-15H,7-11H2,1-6H3. The quantitative estimate of drug-likeness (QED) is 0.597. The van der Waals surface area contributed by atoms with Gasteiger partial charge in [0.1, 0.15) is 0 Å². The molecule has 0 heterocycles. The van der Waals surface area contributed by atoms with Crippen LogP contribution in [0.25, 0.3) is 0 Å². The number of ether oxygens (including phenoxy) is 1. The zero-order chi connectivity index (χ0) is 13.3. The van der Waals surface area contributed by atoms with Crippen molar-refractivity contribution < 1.29 is 4.74 Å². The van der Waals surface area contributed by atoms with Crippen LogP contribution in [0.4, 0.5) is 0 Å². The van der Waals surface area contributed by atoms with Gasteiger partial charge >= 0.3 is 0 Å². The summed E-state index contributed by atoms with van der Waals surface area (Å²) in [6, 6.07) is 0.654. The van der Waals surface area contributed by atoms with E-state index in [2.05, 4.69) is 51.9 Å². The summed E-state index contributed by atoms with van der Waals surface area (Å²) in [5.41, 5.74) is 0. The molecule has 0 saturated heterocycles. The molecule has 1 N–H and O–H groups in total. The molecule has 1 unspecified atom stereocenters. The number of likely N-dealkylation sites (N-methyl/N-ethyl adjacent to an activating group) is 1. The minimum absolute atomic E-state index is 0.355. The van der Waals surface area contributed by atoms with Gasteiger partial charge in [-0.25, -0.2) is 0 Å². The summed E-state index contributed by atoms with van der Waals surface area (Å²) in [4.78, 5) is 2.42. The summed E-state index contributed by atoms with van der Waals surface area (Å²) in [5, 5.41) is 3.46. The molecule has 0 fully saturated rings. The second-order valence-electron chi connectivity index (χ2n) is 5.49. The molecule has 0 rings (SSSR count). The fourth-order valence-electron chi connectivity index (χ4n) is 1.61. The van der Waals surface area contributed by atoms with Crippen molar-refractivity contribution in [3.63, 3.8) is 0 Å². The third kappa shape index (κ3) is 9.57. The van der Waals surface area contributed by atoms with E-state index in [1.165, 1.54) is 0 Å². The molecule has 1 atom stereocenters. The maximum absolute atomic E-state index is 5.49. The van der Waals surface area contributed by atoms with Crippen molar-refractivity contribution in [2.75, 3.05) is 33.3 Å². The first-order valence-electron chi connectivity index (χ1n) is 6.97. The average molecular weight is 244 g/mol. The van der Waals surface area contributed by atoms with Crippen LogP contribution < -0.4 is 5.32 Å². The van der Waals surface area contributed by atoms with Crippen LogP contribution in [0.15, 0.2) is 0 Å². The second-order valence-corrected chi connectivity index (χ2v) is 5.49. The van der Waals surface area contributed by atoms with Gasteiger partial charge in [-0.05, 0) is 46.7 Å². The van der Waals surface area contributed by atoms with E-state index in [1.807, 2.05) is 0 Å². The van der Waals surface area contributed by atoms with Crippen LogP contribution in [-0.2, 0) is 4.74 Å². The fourth-order valence-corrected chi connectivity index (χ4v) is 1.61. The second kappa shape index (κ2) is 9.86. The van der Waals surface area contributed by atoms with Crippen molar-refractivity contribution in [2.24, 2.45) is 5.92 Å². The molecule has 3 heteroatoms. The Kier molecular flexibility index (Phi) is 9.79. The molecule has 0 bridgehead atoms. The van der Waals surface area contributed by atoms with Crippen LogP contribution in [0, 0.1) is 5.92 Å². The number of nitrogens with one attached hydrogen (secondary N) is 1. The molecule has 0 aliphatic heterocycles. The van der Waals surface area contributed by atoms with E-state index < -0.39 is 0 Å². The molecule has 17 heavy (non-hydrogen) atoms. The number of nitrogens with zero attached hydrogens (tertiary/aromatic N) is 1. The Morgan fingerprint density at radius 3 is 2.24 bits per heavy atom. The molecule has 3 nitrogen and oxygen atoms in total. The van der Waals surface area contributed by atoms with Gasteiger partial charge in [0, 0.05) is 25.7 Å². The molecule has 0 spiro atoms. The van der Waals surface area contributed by atoms with Crippen molar-refractivity contribution in [3.05, 3.63) is 0 Å². The number of hydrogen-bond donors (Lipinski definition) is 1. The lowest BCUT2D eigenvalue weighted by Gasteiger charge is -2.27. The molecule has 0 saturated carbocycles. The zero-order valence-electron chi connectivity index (χ0n) is 12.6. The lowest BCUT2D eigenvalue weighted by molar-refractivity contribution is 0.0769. The summed E-state index contributed by atoms with van der Waals surface area (Å²) < 4.78 is 5.49. The fraction of sp³-hybridized carbons (Fsp3) is 1.00. The first-order chi connectivity index (χ1) is 7.95. The minimum Gasteiger partial charge on any atom is -0.379 e. The van der Waals surface area contributed by atoms with Gasteiger partial charge in [-0.2, -0.15) is 0 Å². The third-order valence-corrected chi connectivity index (χ3v) is 3.25. The molecular weight excluding hydrogens is 212 g/mol. The maximum Gasteiger partial charge on any atom is 0.0518 e. The van der Waals surface area contributed by atoms with Crippen molar-refractivity contribution in [3.8, 4) is 0 Å². The van der Waals surface area contributed by atoms with Crippen molar-refractivity contribution >= 4 is 0 Å². The topological polar surface area (TPSA) is 24.5 Å². The van der Waals surface area contributed by atoms with E-state index in [0.29, 0.717) is 12.1 Å². The van der Waals surface area contributed by atoms with Crippen LogP contribution in [0.5, 0.6) is 0 Å². The number of hydrogen-bond acceptors (Lipinski definition) is 3. The van der Waals surface area contributed by atoms with Gasteiger partial charge in [-0.15, -0.1) is 0 Å². The summed E-state index contributed by atoms with van der Waals surface area (Å²) in [6.45, 7) is 15.1. The number of rotatable bonds is 10. The van der Waals surface area contributed by atoms with Gasteiger partial charge in [0.25, 0.3) is 0 Å². The van der Waals surface area contributed by atoms with Gasteiger partial charge in [-0.3, -0.25) is 0 Å². The SMILES string of the molecule is CC(C)OCCCNCCN(C)C(C)C(C)C. The van der Waals surface area contributed by atoms with E-state index in [0.717, 1.165) is 38.6 Å². The first kappa shape index (κ1) is 16.9. The lowest BCUT2D eigenvalue weighted by atomic mass is 10.1. The largest absolute Gasteiger partial charge is 0.379 e. The Labute approximate surface area is 108 Å². The summed E-state index contributed by atoms with van der Waals surface area (Å²) in [6.07, 6.45) is 1.45. The molecule has 0 aliphatic rings. The summed E-state index contributed by atoms with van der Waals surface area (Å²) in [5.74, 6) is 0.722. The summed E-state index contributed by atoms with van der Waals surface area (Å²) >= 11 is 0. The molecule has 0 aromatic rings. The molecule has 104 valence electrons. The Morgan fingerprint density at radius 2 is 1.71 bits per heavy atom. The van der Waals surface area contributed by atoms with E-state index in [1.54, 1.807) is 0 Å². The van der Waals surface area contributed by atoms with Crippen molar-refractivity contribution in [1.29, 1.82) is 0 Å². The highest BCUT2D eigenvalue weighted by molar-refractivity contribution is 4.67. The molecular formula is C14H32N2O. The van der Waals surface area contributed by atoms with Crippen molar-refractivity contribution in [1.82, 2.24) is 10.2 Å². The van der Waals surface area contributed by atoms with Gasteiger partial charge < -0.3 is 15.0 Å². The molecule has 0 aromatic heterocycles. The zero-order valence-corrected chi connectivity index (χ0v) is 12.6. The molecule has 0 aromatic carbocycles. The predicted molar refractivity (Wildman–Crippen MR) is 75.5 cm³/mol. The van der Waals surface area contributed by atoms with Gasteiger partial charge in [0.2, 0.25) is 0 Å². The van der Waals surface area contributed by atoms with Crippen LogP contribution in [-0.4, -0.2) is 50.3 Å². The smallest absolute Gasteiger partial charge is 0.0518 e. The Hall–Kier alpha value is -0.120. The van der Waals surface area contributed by atoms with E-state index in [4.69, 9.17) is 4.74 Å². The molecule has 0 amide bonds. The van der Waals surface area contributed by atoms with E-state index in [9.17, 15) is 0 Å². The highest BCUT2D eigenvalue weighted by Gasteiger charge is 2.11. The normalized spacial score (nSPS) is 13.9. The highest BCUT2D eigenvalue weighted by atomic mass is 16.5. The average Bonchev–Trinajstić information content (AvgIpc) is 2.25. The monoisotopic (exact) mass is 244 g/mol. The first-order valence-corrected chi connectivity index (χ1v) is 6.97. The maximum atomic E-state index is 5.49. The van der Waals surface area contributed by atoms with Gasteiger partial charge in [-0.1, -0.05) is 13.8 Å². The van der Waals surface area contributed by atoms with E-state index >= 15 is 0 Å². The van der Waals surface area contributed by atoms with Crippen LogP contribution >= 0.6 is 0 Å². The van der Waals surface area contributed by atoms with Gasteiger partial charge in [0.15, 0.2) is 0 Å². The molecule has 0 aliphatic carbocycles. The Bertz CT molecular complexity index is 172. The highest BCUT2D eigenvalue weighted by Crippen LogP contribution is 2.06. The summed E-state index contributed by atoms with van der Waals surface area (Å²) in [7, 11) is 2.20. The predicted octanol–water partition coefficient (Wildman–Crippen LogP) is 2.37.